The van der Waals surface area contributed by atoms with Crippen LogP contribution in [-0.2, 0) is 18.7 Å². The minimum absolute atomic E-state index is 0.148. The number of pyridine rings is 1. The van der Waals surface area contributed by atoms with Crippen LogP contribution in [0.2, 0.25) is 5.15 Å². The summed E-state index contributed by atoms with van der Waals surface area (Å²) < 4.78 is 10.7. The van der Waals surface area contributed by atoms with Crippen LogP contribution >= 0.6 is 23.4 Å². The van der Waals surface area contributed by atoms with Gasteiger partial charge in [0.05, 0.1) is 26.5 Å². The smallest absolute Gasteiger partial charge is 0.251 e. The van der Waals surface area contributed by atoms with E-state index in [0.717, 1.165) is 35.6 Å². The van der Waals surface area contributed by atoms with Crippen LogP contribution in [0.3, 0.4) is 0 Å². The second-order valence-electron chi connectivity index (χ2n) is 8.69. The van der Waals surface area contributed by atoms with Crippen molar-refractivity contribution in [2.75, 3.05) is 32.7 Å². The van der Waals surface area contributed by atoms with Gasteiger partial charge in [0.25, 0.3) is 5.91 Å². The average Bonchev–Trinajstić information content (AvgIpc) is 2.97. The van der Waals surface area contributed by atoms with Gasteiger partial charge in [0.15, 0.2) is 16.7 Å². The Labute approximate surface area is 237 Å². The number of nitrogens with zero attached hydrogens (tertiary/aromatic N) is 4. The fraction of sp³-hybridized carbons (Fsp3) is 0.241. The summed E-state index contributed by atoms with van der Waals surface area (Å²) in [5.41, 5.74) is 3.50. The van der Waals surface area contributed by atoms with Gasteiger partial charge in [-0.2, -0.15) is 0 Å². The van der Waals surface area contributed by atoms with E-state index >= 15 is 0 Å². The second-order valence-corrected chi connectivity index (χ2v) is 10.0. The summed E-state index contributed by atoms with van der Waals surface area (Å²) in [7, 11) is 5.23. The number of likely N-dealkylation sites (N-methyl/N-ethyl adjacent to an activating group) is 1. The van der Waals surface area contributed by atoms with Gasteiger partial charge in [0, 0.05) is 37.2 Å². The minimum atomic E-state index is -0.148. The van der Waals surface area contributed by atoms with Crippen LogP contribution in [0, 0.1) is 0 Å². The molecule has 202 valence electrons. The molecule has 0 spiro atoms. The lowest BCUT2D eigenvalue weighted by Gasteiger charge is -2.19. The Kier molecular flexibility index (Phi) is 9.99. The molecule has 2 heterocycles. The molecular formula is C29H30ClN5O3S. The number of benzene rings is 2. The molecule has 0 radical (unpaired) electrons. The summed E-state index contributed by atoms with van der Waals surface area (Å²) in [5.74, 6) is 2.59. The molecule has 39 heavy (non-hydrogen) atoms. The van der Waals surface area contributed by atoms with Crippen molar-refractivity contribution < 1.29 is 14.3 Å². The van der Waals surface area contributed by atoms with Gasteiger partial charge in [0.1, 0.15) is 11.0 Å². The van der Waals surface area contributed by atoms with Crippen LogP contribution in [0.4, 0.5) is 5.82 Å². The summed E-state index contributed by atoms with van der Waals surface area (Å²) in [6, 6.07) is 20.8. The maximum Gasteiger partial charge on any atom is 0.251 e. The van der Waals surface area contributed by atoms with Crippen molar-refractivity contribution >= 4 is 35.1 Å². The zero-order valence-corrected chi connectivity index (χ0v) is 23.6. The first kappa shape index (κ1) is 28.2. The third-order valence-electron chi connectivity index (χ3n) is 5.95. The number of carbonyl (C=O) groups excluding carboxylic acids is 1. The van der Waals surface area contributed by atoms with E-state index in [1.807, 2.05) is 66.5 Å². The Hall–Kier alpha value is -3.82. The molecule has 4 aromatic rings. The molecule has 0 fully saturated rings. The quantitative estimate of drug-likeness (QED) is 0.138. The predicted molar refractivity (Wildman–Crippen MR) is 155 cm³/mol. The van der Waals surface area contributed by atoms with Crippen LogP contribution in [0.5, 0.6) is 11.5 Å². The fourth-order valence-electron chi connectivity index (χ4n) is 3.82. The first-order chi connectivity index (χ1) is 18.9. The van der Waals surface area contributed by atoms with Gasteiger partial charge in [0.2, 0.25) is 0 Å². The molecule has 0 bridgehead atoms. The molecule has 10 heteroatoms. The van der Waals surface area contributed by atoms with E-state index in [4.69, 9.17) is 26.1 Å². The molecule has 4 rings (SSSR count). The largest absolute Gasteiger partial charge is 0.493 e. The lowest BCUT2D eigenvalue weighted by molar-refractivity contribution is 0.0950. The maximum atomic E-state index is 12.6. The Bertz CT molecular complexity index is 1410. The van der Waals surface area contributed by atoms with E-state index in [1.165, 1.54) is 11.8 Å². The van der Waals surface area contributed by atoms with Gasteiger partial charge in [-0.3, -0.25) is 9.78 Å². The zero-order chi connectivity index (χ0) is 27.6. The summed E-state index contributed by atoms with van der Waals surface area (Å²) in [4.78, 5) is 28.0. The molecular weight excluding hydrogens is 534 g/mol. The summed E-state index contributed by atoms with van der Waals surface area (Å²) in [6.07, 6.45) is 2.49. The van der Waals surface area contributed by atoms with Gasteiger partial charge in [-0.05, 0) is 53.9 Å². The fourth-order valence-corrected chi connectivity index (χ4v) is 4.84. The van der Waals surface area contributed by atoms with Crippen LogP contribution in [0.25, 0.3) is 0 Å². The molecule has 8 nitrogen and oxygen atoms in total. The number of carbonyl (C=O) groups is 1. The van der Waals surface area contributed by atoms with Gasteiger partial charge < -0.3 is 19.7 Å². The third-order valence-corrected chi connectivity index (χ3v) is 7.06. The monoisotopic (exact) mass is 563 g/mol. The number of hydrogen-bond donors (Lipinski definition) is 1. The van der Waals surface area contributed by atoms with Gasteiger partial charge in [-0.25, -0.2) is 9.97 Å². The molecule has 1 N–H and O–H groups in total. The second kappa shape index (κ2) is 13.8. The number of hydrogen-bond acceptors (Lipinski definition) is 8. The number of ether oxygens (including phenoxy) is 2. The minimum Gasteiger partial charge on any atom is -0.493 e. The van der Waals surface area contributed by atoms with E-state index in [2.05, 4.69) is 15.3 Å². The lowest BCUT2D eigenvalue weighted by atomic mass is 10.1. The van der Waals surface area contributed by atoms with Crippen molar-refractivity contribution in [2.45, 2.75) is 23.9 Å². The third kappa shape index (κ3) is 8.08. The van der Waals surface area contributed by atoms with E-state index < -0.39 is 0 Å². The number of methoxy groups -OCH3 is 2. The van der Waals surface area contributed by atoms with Crippen LogP contribution in [-0.4, -0.2) is 48.7 Å². The van der Waals surface area contributed by atoms with E-state index in [9.17, 15) is 4.79 Å². The van der Waals surface area contributed by atoms with Crippen molar-refractivity contribution in [3.8, 4) is 11.5 Å². The molecule has 2 aromatic heterocycles. The average molecular weight is 564 g/mol. The molecule has 0 aliphatic heterocycles. The Morgan fingerprint density at radius 2 is 1.82 bits per heavy atom. The highest BCUT2D eigenvalue weighted by atomic mass is 35.5. The first-order valence-electron chi connectivity index (χ1n) is 12.3. The number of anilines is 1. The SMILES string of the molecule is COc1ccc(CCN(C)c2cc(Cl)nc(SCc3cccc(C(=O)NCc4ccccn4)c3)n2)cc1OC. The van der Waals surface area contributed by atoms with Gasteiger partial charge in [-0.15, -0.1) is 0 Å². The molecule has 0 unspecified atom stereocenters. The predicted octanol–water partition coefficient (Wildman–Crippen LogP) is 5.44. The summed E-state index contributed by atoms with van der Waals surface area (Å²) in [6.45, 7) is 1.10. The number of rotatable bonds is 12. The number of nitrogens with one attached hydrogen (secondary N) is 1. The zero-order valence-electron chi connectivity index (χ0n) is 22.1. The molecule has 2 aromatic carbocycles. The Balaban J connectivity index is 1.35. The van der Waals surface area contributed by atoms with Crippen LogP contribution in [0.1, 0.15) is 27.2 Å². The first-order valence-corrected chi connectivity index (χ1v) is 13.7. The Morgan fingerprint density at radius 3 is 2.59 bits per heavy atom. The number of halogens is 1. The normalized spacial score (nSPS) is 10.7. The summed E-state index contributed by atoms with van der Waals surface area (Å²) >= 11 is 7.81. The molecule has 0 aliphatic carbocycles. The number of amides is 1. The molecule has 0 saturated carbocycles. The van der Waals surface area contributed by atoms with Crippen molar-refractivity contribution in [1.82, 2.24) is 20.3 Å². The highest BCUT2D eigenvalue weighted by Gasteiger charge is 2.12. The number of aromatic nitrogens is 3. The van der Waals surface area contributed by atoms with Crippen molar-refractivity contribution in [3.63, 3.8) is 0 Å². The van der Waals surface area contributed by atoms with Crippen molar-refractivity contribution in [3.05, 3.63) is 100 Å². The van der Waals surface area contributed by atoms with Gasteiger partial charge in [-0.1, -0.05) is 47.6 Å². The standard InChI is InChI=1S/C29H30ClN5O3S/c1-35(14-12-20-10-11-24(37-2)25(16-20)38-3)27-17-26(30)33-29(34-27)39-19-21-7-6-8-22(15-21)28(36)32-18-23-9-4-5-13-31-23/h4-11,13,15-17H,12,14,18-19H2,1-3H3,(H,32,36). The molecule has 1 amide bonds. The van der Waals surface area contributed by atoms with E-state index in [1.54, 1.807) is 32.5 Å². The Morgan fingerprint density at radius 1 is 0.974 bits per heavy atom. The van der Waals surface area contributed by atoms with Gasteiger partial charge >= 0.3 is 0 Å². The van der Waals surface area contributed by atoms with Crippen LogP contribution in [0.15, 0.2) is 78.1 Å². The van der Waals surface area contributed by atoms with Crippen LogP contribution < -0.4 is 19.7 Å². The lowest BCUT2D eigenvalue weighted by Crippen LogP contribution is -2.23. The molecule has 0 aliphatic rings. The van der Waals surface area contributed by atoms with Crippen molar-refractivity contribution in [1.29, 1.82) is 0 Å². The van der Waals surface area contributed by atoms with E-state index in [-0.39, 0.29) is 5.91 Å². The molecule has 0 atom stereocenters. The number of thioether (sulfide) groups is 1. The topological polar surface area (TPSA) is 89.5 Å². The van der Waals surface area contributed by atoms with Crippen molar-refractivity contribution in [2.24, 2.45) is 0 Å². The highest BCUT2D eigenvalue weighted by Crippen LogP contribution is 2.28. The molecule has 0 saturated heterocycles. The maximum absolute atomic E-state index is 12.6. The highest BCUT2D eigenvalue weighted by molar-refractivity contribution is 7.98. The summed E-state index contributed by atoms with van der Waals surface area (Å²) in [5, 5.41) is 3.86. The van der Waals surface area contributed by atoms with E-state index in [0.29, 0.717) is 39.7 Å².